The molecule has 1 aliphatic heterocycles. The van der Waals surface area contributed by atoms with E-state index in [4.69, 9.17) is 0 Å². The fraction of sp³-hybridized carbons (Fsp3) is 0.440. The molecule has 4 rings (SSSR count). The number of aromatic amines is 1. The van der Waals surface area contributed by atoms with Gasteiger partial charge in [-0.3, -0.25) is 14.4 Å². The maximum atomic E-state index is 13.7. The lowest BCUT2D eigenvalue weighted by Gasteiger charge is -2.31. The van der Waals surface area contributed by atoms with Crippen LogP contribution in [-0.2, 0) is 22.4 Å². The van der Waals surface area contributed by atoms with Gasteiger partial charge in [-0.2, -0.15) is 0 Å². The van der Waals surface area contributed by atoms with E-state index < -0.39 is 0 Å². The van der Waals surface area contributed by atoms with E-state index in [0.29, 0.717) is 66.9 Å². The van der Waals surface area contributed by atoms with Gasteiger partial charge in [0.25, 0.3) is 5.56 Å². The molecular weight excluding hydrogens is 455 g/mol. The van der Waals surface area contributed by atoms with E-state index in [9.17, 15) is 18.8 Å². The van der Waals surface area contributed by atoms with Gasteiger partial charge in [0.05, 0.1) is 5.39 Å². The lowest BCUT2D eigenvalue weighted by Crippen LogP contribution is -2.43. The second-order valence-corrected chi connectivity index (χ2v) is 9.97. The predicted molar refractivity (Wildman–Crippen MR) is 130 cm³/mol. The molecule has 2 N–H and O–H groups in total. The zero-order valence-electron chi connectivity index (χ0n) is 19.4. The van der Waals surface area contributed by atoms with Crippen molar-refractivity contribution in [3.8, 4) is 0 Å². The van der Waals surface area contributed by atoms with Crippen molar-refractivity contribution in [3.05, 3.63) is 62.3 Å². The van der Waals surface area contributed by atoms with Crippen LogP contribution in [0.3, 0.4) is 0 Å². The van der Waals surface area contributed by atoms with Gasteiger partial charge in [-0.15, -0.1) is 11.3 Å². The molecule has 2 aromatic heterocycles. The monoisotopic (exact) mass is 484 g/mol. The molecule has 3 aromatic rings. The van der Waals surface area contributed by atoms with Crippen LogP contribution in [0.5, 0.6) is 0 Å². The number of rotatable bonds is 7. The summed E-state index contributed by atoms with van der Waals surface area (Å²) >= 11 is 1.49. The van der Waals surface area contributed by atoms with Crippen molar-refractivity contribution in [2.24, 2.45) is 5.92 Å². The number of hydrogen-bond acceptors (Lipinski definition) is 5. The third-order valence-corrected chi connectivity index (χ3v) is 7.63. The highest BCUT2D eigenvalue weighted by atomic mass is 32.1. The summed E-state index contributed by atoms with van der Waals surface area (Å²) in [6.07, 6.45) is 2.29. The fourth-order valence-electron chi connectivity index (χ4n) is 4.36. The number of carbonyl (C=O) groups is 2. The minimum absolute atomic E-state index is 0.000280. The van der Waals surface area contributed by atoms with Gasteiger partial charge < -0.3 is 15.2 Å². The van der Waals surface area contributed by atoms with Crippen LogP contribution in [0.1, 0.15) is 41.1 Å². The number of halogens is 1. The van der Waals surface area contributed by atoms with Crippen LogP contribution in [-0.4, -0.2) is 46.3 Å². The van der Waals surface area contributed by atoms with Crippen molar-refractivity contribution < 1.29 is 14.0 Å². The van der Waals surface area contributed by atoms with Crippen molar-refractivity contribution in [2.45, 2.75) is 46.0 Å². The first kappa shape index (κ1) is 24.1. The molecular formula is C25H29FN4O3S. The van der Waals surface area contributed by atoms with Crippen molar-refractivity contribution >= 4 is 33.4 Å². The number of piperidine rings is 1. The number of nitrogens with one attached hydrogen (secondary N) is 2. The van der Waals surface area contributed by atoms with Gasteiger partial charge in [-0.25, -0.2) is 9.37 Å². The summed E-state index contributed by atoms with van der Waals surface area (Å²) in [6, 6.07) is 6.56. The Morgan fingerprint density at radius 1 is 1.21 bits per heavy atom. The van der Waals surface area contributed by atoms with Crippen molar-refractivity contribution in [3.63, 3.8) is 0 Å². The third kappa shape index (κ3) is 5.35. The maximum Gasteiger partial charge on any atom is 0.259 e. The summed E-state index contributed by atoms with van der Waals surface area (Å²) in [4.78, 5) is 48.5. The van der Waals surface area contributed by atoms with Crippen LogP contribution in [0.15, 0.2) is 29.1 Å². The van der Waals surface area contributed by atoms with E-state index in [1.165, 1.54) is 17.4 Å². The molecule has 0 spiro atoms. The van der Waals surface area contributed by atoms with Crippen molar-refractivity contribution in [2.75, 3.05) is 19.6 Å². The van der Waals surface area contributed by atoms with Gasteiger partial charge in [-0.05, 0) is 50.3 Å². The minimum Gasteiger partial charge on any atom is -0.356 e. The Labute approximate surface area is 201 Å². The van der Waals surface area contributed by atoms with Gasteiger partial charge in [-0.1, -0.05) is 18.2 Å². The quantitative estimate of drug-likeness (QED) is 0.538. The lowest BCUT2D eigenvalue weighted by atomic mass is 9.95. The summed E-state index contributed by atoms with van der Waals surface area (Å²) in [5, 5.41) is 3.53. The molecule has 0 aliphatic carbocycles. The molecule has 1 aliphatic rings. The van der Waals surface area contributed by atoms with E-state index in [0.717, 1.165) is 10.4 Å². The highest BCUT2D eigenvalue weighted by Crippen LogP contribution is 2.26. The van der Waals surface area contributed by atoms with E-state index in [-0.39, 0.29) is 35.5 Å². The van der Waals surface area contributed by atoms with Crippen LogP contribution in [0.4, 0.5) is 4.39 Å². The molecule has 7 nitrogen and oxygen atoms in total. The Bertz CT molecular complexity index is 1260. The van der Waals surface area contributed by atoms with Crippen LogP contribution < -0.4 is 10.9 Å². The first-order chi connectivity index (χ1) is 16.3. The molecule has 3 heterocycles. The number of nitrogens with zero attached hydrogens (tertiary/aromatic N) is 2. The van der Waals surface area contributed by atoms with Crippen molar-refractivity contribution in [1.29, 1.82) is 0 Å². The van der Waals surface area contributed by atoms with Crippen LogP contribution >= 0.6 is 11.3 Å². The second kappa shape index (κ2) is 10.5. The molecule has 9 heteroatoms. The molecule has 0 saturated carbocycles. The molecule has 1 saturated heterocycles. The molecule has 1 aromatic carbocycles. The standard InChI is InChI=1S/C25H29FN4O3S/c1-15-16(2)34-25-22(15)24(33)28-20(29-25)7-8-21(31)30-13-10-18(11-14-30)23(32)27-12-9-17-5-3-4-6-19(17)26/h3-6,18H,7-14H2,1-2H3,(H,27,32)(H,28,29,33). The zero-order chi connectivity index (χ0) is 24.2. The smallest absolute Gasteiger partial charge is 0.259 e. The molecule has 0 unspecified atom stereocenters. The normalized spacial score (nSPS) is 14.5. The lowest BCUT2D eigenvalue weighted by molar-refractivity contribution is -0.135. The first-order valence-corrected chi connectivity index (χ1v) is 12.4. The minimum atomic E-state index is -0.261. The summed E-state index contributed by atoms with van der Waals surface area (Å²) in [5.74, 6) is 0.0785. The number of likely N-dealkylation sites (tertiary alicyclic amines) is 1. The molecule has 180 valence electrons. The van der Waals surface area contributed by atoms with Crippen molar-refractivity contribution in [1.82, 2.24) is 20.2 Å². The van der Waals surface area contributed by atoms with Gasteiger partial charge >= 0.3 is 0 Å². The number of carbonyl (C=O) groups excluding carboxylic acids is 2. The van der Waals surface area contributed by atoms with E-state index in [2.05, 4.69) is 15.3 Å². The number of amides is 2. The first-order valence-electron chi connectivity index (χ1n) is 11.6. The van der Waals surface area contributed by atoms with E-state index >= 15 is 0 Å². The number of aryl methyl sites for hydroxylation is 3. The van der Waals surface area contributed by atoms with Gasteiger partial charge in [0, 0.05) is 43.3 Å². The molecule has 34 heavy (non-hydrogen) atoms. The Balaban J connectivity index is 1.23. The number of fused-ring (bicyclic) bond motifs is 1. The molecule has 0 atom stereocenters. The number of benzene rings is 1. The van der Waals surface area contributed by atoms with E-state index in [1.807, 2.05) is 13.8 Å². The average Bonchev–Trinajstić information content (AvgIpc) is 3.12. The SMILES string of the molecule is Cc1sc2nc(CCC(=O)N3CCC(C(=O)NCCc4ccccc4F)CC3)[nH]c(=O)c2c1C. The highest BCUT2D eigenvalue weighted by Gasteiger charge is 2.27. The average molecular weight is 485 g/mol. The molecule has 0 bridgehead atoms. The zero-order valence-corrected chi connectivity index (χ0v) is 20.3. The molecule has 2 amide bonds. The summed E-state index contributed by atoms with van der Waals surface area (Å²) in [7, 11) is 0. The number of thiophene rings is 1. The van der Waals surface area contributed by atoms with Crippen LogP contribution in [0.25, 0.3) is 10.2 Å². The van der Waals surface area contributed by atoms with E-state index in [1.54, 1.807) is 23.1 Å². The van der Waals surface area contributed by atoms with Crippen LogP contribution in [0, 0.1) is 25.6 Å². The summed E-state index contributed by atoms with van der Waals surface area (Å²) in [5.41, 5.74) is 1.38. The number of aromatic nitrogens is 2. The molecule has 0 radical (unpaired) electrons. The number of hydrogen-bond donors (Lipinski definition) is 2. The Morgan fingerprint density at radius 2 is 1.94 bits per heavy atom. The Morgan fingerprint density at radius 3 is 2.68 bits per heavy atom. The van der Waals surface area contributed by atoms with Gasteiger partial charge in [0.2, 0.25) is 11.8 Å². The largest absolute Gasteiger partial charge is 0.356 e. The van der Waals surface area contributed by atoms with Gasteiger partial charge in [0.15, 0.2) is 0 Å². The predicted octanol–water partition coefficient (Wildman–Crippen LogP) is 3.27. The van der Waals surface area contributed by atoms with Gasteiger partial charge in [0.1, 0.15) is 16.5 Å². The Kier molecular flexibility index (Phi) is 7.41. The Hall–Kier alpha value is -3.07. The summed E-state index contributed by atoms with van der Waals surface area (Å²) < 4.78 is 13.7. The maximum absolute atomic E-state index is 13.7. The molecule has 1 fully saturated rings. The highest BCUT2D eigenvalue weighted by molar-refractivity contribution is 7.18. The summed E-state index contributed by atoms with van der Waals surface area (Å²) in [6.45, 7) is 5.32. The third-order valence-electron chi connectivity index (χ3n) is 6.53. The van der Waals surface area contributed by atoms with Crippen LogP contribution in [0.2, 0.25) is 0 Å². The second-order valence-electron chi connectivity index (χ2n) is 8.76. The number of H-pyrrole nitrogens is 1. The fourth-order valence-corrected chi connectivity index (χ4v) is 5.41. The topological polar surface area (TPSA) is 95.2 Å².